The molecule has 0 spiro atoms. The van der Waals surface area contributed by atoms with Crippen LogP contribution in [0.1, 0.15) is 65.7 Å². The van der Waals surface area contributed by atoms with Crippen LogP contribution in [0.2, 0.25) is 0 Å². The summed E-state index contributed by atoms with van der Waals surface area (Å²) >= 11 is 0. The zero-order chi connectivity index (χ0) is 17.3. The second-order valence-electron chi connectivity index (χ2n) is 8.62. The van der Waals surface area contributed by atoms with Crippen LogP contribution in [-0.4, -0.2) is 18.0 Å². The third kappa shape index (κ3) is 3.31. The summed E-state index contributed by atoms with van der Waals surface area (Å²) in [7, 11) is 0. The Kier molecular flexibility index (Phi) is 4.90. The van der Waals surface area contributed by atoms with Crippen molar-refractivity contribution in [3.63, 3.8) is 0 Å². The Bertz CT molecular complexity index is 524. The number of hydrogen-bond donors (Lipinski definition) is 2. The quantitative estimate of drug-likeness (QED) is 0.579. The van der Waals surface area contributed by atoms with Gasteiger partial charge >= 0.3 is 0 Å². The van der Waals surface area contributed by atoms with E-state index < -0.39 is 0 Å². The maximum absolute atomic E-state index is 12.2. The zero-order valence-electron chi connectivity index (χ0n) is 15.3. The average Bonchev–Trinajstić information content (AvgIpc) is 2.53. The normalized spacial score (nSPS) is 36.8. The van der Waals surface area contributed by atoms with Gasteiger partial charge in [0.05, 0.1) is 0 Å². The highest BCUT2D eigenvalue weighted by molar-refractivity contribution is 5.97. The maximum Gasteiger partial charge on any atom is 0.263 e. The van der Waals surface area contributed by atoms with Crippen molar-refractivity contribution < 1.29 is 4.79 Å². The van der Waals surface area contributed by atoms with Gasteiger partial charge in [0.2, 0.25) is 0 Å². The molecular weight excluding hydrogens is 298 g/mol. The number of rotatable bonds is 6. The lowest BCUT2D eigenvalue weighted by Gasteiger charge is -2.59. The number of carbonyl (C=O) groups is 1. The van der Waals surface area contributed by atoms with Crippen LogP contribution in [0, 0.1) is 34.5 Å². The zero-order valence-corrected chi connectivity index (χ0v) is 15.3. The van der Waals surface area contributed by atoms with E-state index in [0.717, 1.165) is 24.2 Å². The van der Waals surface area contributed by atoms with E-state index in [0.29, 0.717) is 11.5 Å². The Morgan fingerprint density at radius 1 is 1.21 bits per heavy atom. The Morgan fingerprint density at radius 2 is 1.75 bits per heavy atom. The van der Waals surface area contributed by atoms with Crippen LogP contribution >= 0.6 is 0 Å². The van der Waals surface area contributed by atoms with Crippen molar-refractivity contribution >= 4 is 5.91 Å². The molecule has 0 aromatic rings. The van der Waals surface area contributed by atoms with Crippen molar-refractivity contribution in [3.8, 4) is 6.07 Å². The molecule has 0 heterocycles. The Morgan fingerprint density at radius 3 is 2.21 bits per heavy atom. The van der Waals surface area contributed by atoms with E-state index in [4.69, 9.17) is 0 Å². The number of nitriles is 1. The van der Waals surface area contributed by atoms with E-state index in [1.54, 1.807) is 6.20 Å². The minimum Gasteiger partial charge on any atom is -0.387 e. The first-order chi connectivity index (χ1) is 11.5. The van der Waals surface area contributed by atoms with E-state index in [1.807, 2.05) is 19.9 Å². The average molecular weight is 329 g/mol. The Hall–Kier alpha value is -1.50. The van der Waals surface area contributed by atoms with Crippen LogP contribution in [0.3, 0.4) is 0 Å². The monoisotopic (exact) mass is 329 g/mol. The fourth-order valence-electron chi connectivity index (χ4n) is 5.65. The second kappa shape index (κ2) is 6.78. The molecule has 0 radical (unpaired) electrons. The van der Waals surface area contributed by atoms with E-state index in [9.17, 15) is 10.1 Å². The third-order valence-electron chi connectivity index (χ3n) is 6.84. The largest absolute Gasteiger partial charge is 0.387 e. The summed E-state index contributed by atoms with van der Waals surface area (Å²) in [6.45, 7) is 6.22. The fourth-order valence-corrected chi connectivity index (χ4v) is 5.65. The van der Waals surface area contributed by atoms with E-state index >= 15 is 0 Å². The Labute approximate surface area is 146 Å². The minimum absolute atomic E-state index is 0.0924. The third-order valence-corrected chi connectivity index (χ3v) is 6.84. The summed E-state index contributed by atoms with van der Waals surface area (Å²) in [6, 6.07) is 2.46. The van der Waals surface area contributed by atoms with Crippen LogP contribution < -0.4 is 10.6 Å². The molecule has 4 bridgehead atoms. The van der Waals surface area contributed by atoms with E-state index in [2.05, 4.69) is 17.6 Å². The highest BCUT2D eigenvalue weighted by Gasteiger charge is 2.52. The number of nitrogens with zero attached hydrogens (tertiary/aromatic N) is 1. The van der Waals surface area contributed by atoms with Crippen LogP contribution in [0.4, 0.5) is 0 Å². The molecule has 4 aliphatic rings. The van der Waals surface area contributed by atoms with Gasteiger partial charge in [-0.1, -0.05) is 6.92 Å². The molecule has 0 aromatic carbocycles. The molecule has 4 aliphatic carbocycles. The predicted molar refractivity (Wildman–Crippen MR) is 94.8 cm³/mol. The van der Waals surface area contributed by atoms with E-state index in [1.165, 1.54) is 38.5 Å². The molecule has 2 N–H and O–H groups in total. The lowest BCUT2D eigenvalue weighted by Crippen LogP contribution is -2.54. The standard InChI is InChI=1S/C20H31N3O/c1-4-13(2)23-19(24)18(11-21)12-22-14(3)20-8-15-5-16(9-20)7-17(6-15)10-20/h12-17,22H,4-10H2,1-3H3,(H,23,24)/b18-12-. The van der Waals surface area contributed by atoms with Gasteiger partial charge in [-0.25, -0.2) is 0 Å². The second-order valence-corrected chi connectivity index (χ2v) is 8.62. The van der Waals surface area contributed by atoms with Crippen LogP contribution in [0.15, 0.2) is 11.8 Å². The predicted octanol–water partition coefficient (Wildman–Crippen LogP) is 3.50. The number of nitrogens with one attached hydrogen (secondary N) is 2. The molecule has 1 amide bonds. The van der Waals surface area contributed by atoms with Gasteiger partial charge in [-0.15, -0.1) is 0 Å². The molecule has 4 nitrogen and oxygen atoms in total. The van der Waals surface area contributed by atoms with Crippen molar-refractivity contribution in [1.82, 2.24) is 10.6 Å². The molecule has 0 aliphatic heterocycles. The lowest BCUT2D eigenvalue weighted by atomic mass is 9.48. The fraction of sp³-hybridized carbons (Fsp3) is 0.800. The smallest absolute Gasteiger partial charge is 0.263 e. The van der Waals surface area contributed by atoms with Crippen LogP contribution in [0.5, 0.6) is 0 Å². The topological polar surface area (TPSA) is 64.9 Å². The SMILES string of the molecule is CCC(C)NC(=O)/C(C#N)=C\NC(C)C12CC3CC(CC(C3)C1)C2. The van der Waals surface area contributed by atoms with Gasteiger partial charge in [0.1, 0.15) is 11.6 Å². The number of amides is 1. The molecule has 4 fully saturated rings. The van der Waals surface area contributed by atoms with Crippen LogP contribution in [0.25, 0.3) is 0 Å². The summed E-state index contributed by atoms with van der Waals surface area (Å²) < 4.78 is 0. The molecule has 24 heavy (non-hydrogen) atoms. The highest BCUT2D eigenvalue weighted by Crippen LogP contribution is 2.61. The summed E-state index contributed by atoms with van der Waals surface area (Å²) in [5, 5.41) is 15.6. The first-order valence-electron chi connectivity index (χ1n) is 9.63. The maximum atomic E-state index is 12.2. The molecule has 4 heteroatoms. The van der Waals surface area contributed by atoms with Gasteiger partial charge in [-0.2, -0.15) is 5.26 Å². The molecule has 2 unspecified atom stereocenters. The molecule has 0 saturated heterocycles. The molecule has 0 aromatic heterocycles. The summed E-state index contributed by atoms with van der Waals surface area (Å²) in [5.41, 5.74) is 0.561. The first kappa shape index (κ1) is 17.3. The molecule has 2 atom stereocenters. The van der Waals surface area contributed by atoms with Crippen molar-refractivity contribution in [2.75, 3.05) is 0 Å². The van der Waals surface area contributed by atoms with Crippen molar-refractivity contribution in [2.24, 2.45) is 23.2 Å². The highest BCUT2D eigenvalue weighted by atomic mass is 16.1. The van der Waals surface area contributed by atoms with Crippen LogP contribution in [-0.2, 0) is 4.79 Å². The number of carbonyl (C=O) groups excluding carboxylic acids is 1. The van der Waals surface area contributed by atoms with Gasteiger partial charge in [0.15, 0.2) is 0 Å². The van der Waals surface area contributed by atoms with Crippen molar-refractivity contribution in [2.45, 2.75) is 77.8 Å². The van der Waals surface area contributed by atoms with Gasteiger partial charge < -0.3 is 10.6 Å². The number of hydrogen-bond acceptors (Lipinski definition) is 3. The van der Waals surface area contributed by atoms with E-state index in [-0.39, 0.29) is 17.5 Å². The minimum atomic E-state index is -0.267. The molecular formula is C20H31N3O. The van der Waals surface area contributed by atoms with Gasteiger partial charge in [-0.05, 0) is 82.0 Å². The molecule has 4 rings (SSSR count). The van der Waals surface area contributed by atoms with Crippen molar-refractivity contribution in [1.29, 1.82) is 5.26 Å². The van der Waals surface area contributed by atoms with Crippen molar-refractivity contribution in [3.05, 3.63) is 11.8 Å². The summed E-state index contributed by atoms with van der Waals surface area (Å²) in [6.07, 6.45) is 10.8. The van der Waals surface area contributed by atoms with Gasteiger partial charge in [0.25, 0.3) is 5.91 Å². The molecule has 132 valence electrons. The van der Waals surface area contributed by atoms with Gasteiger partial charge in [-0.3, -0.25) is 4.79 Å². The molecule has 4 saturated carbocycles. The van der Waals surface area contributed by atoms with Gasteiger partial charge in [0, 0.05) is 18.3 Å². The lowest BCUT2D eigenvalue weighted by molar-refractivity contribution is -0.117. The first-order valence-corrected chi connectivity index (χ1v) is 9.63. The summed E-state index contributed by atoms with van der Waals surface area (Å²) in [5.74, 6) is 2.47. The summed E-state index contributed by atoms with van der Waals surface area (Å²) in [4.78, 5) is 12.2. The Balaban J connectivity index is 1.64.